The summed E-state index contributed by atoms with van der Waals surface area (Å²) in [5.41, 5.74) is 7.62. The van der Waals surface area contributed by atoms with Crippen molar-refractivity contribution < 1.29 is 22.8 Å². The first-order valence-corrected chi connectivity index (χ1v) is 13.0. The summed E-state index contributed by atoms with van der Waals surface area (Å²) in [5, 5.41) is 7.98. The fourth-order valence-corrected chi connectivity index (χ4v) is 5.52. The van der Waals surface area contributed by atoms with E-state index in [1.807, 2.05) is 19.2 Å². The van der Waals surface area contributed by atoms with E-state index in [9.17, 15) is 18.4 Å². The van der Waals surface area contributed by atoms with Gasteiger partial charge in [-0.3, -0.25) is 14.3 Å². The Morgan fingerprint density at radius 2 is 1.98 bits per heavy atom. The highest BCUT2D eigenvalue weighted by Gasteiger charge is 2.26. The minimum absolute atomic E-state index is 0.0297. The second kappa shape index (κ2) is 9.97. The van der Waals surface area contributed by atoms with Gasteiger partial charge in [0.05, 0.1) is 34.9 Å². The lowest BCUT2D eigenvalue weighted by molar-refractivity contribution is 0.100. The van der Waals surface area contributed by atoms with Crippen LogP contribution in [0.1, 0.15) is 39.1 Å². The number of anilines is 1. The average Bonchev–Trinajstić information content (AvgIpc) is 3.72. The second-order valence-electron chi connectivity index (χ2n) is 8.83. The normalized spacial score (nSPS) is 11.5. The summed E-state index contributed by atoms with van der Waals surface area (Å²) in [7, 11) is 0. The molecule has 0 unspecified atom stereocenters. The third-order valence-corrected chi connectivity index (χ3v) is 7.47. The molecule has 5 aromatic heterocycles. The van der Waals surface area contributed by atoms with Crippen molar-refractivity contribution in [3.63, 3.8) is 0 Å². The van der Waals surface area contributed by atoms with E-state index in [1.54, 1.807) is 47.3 Å². The van der Waals surface area contributed by atoms with Crippen molar-refractivity contribution in [3.8, 4) is 22.6 Å². The van der Waals surface area contributed by atoms with Crippen LogP contribution < -0.4 is 11.1 Å². The van der Waals surface area contributed by atoms with Gasteiger partial charge in [-0.05, 0) is 37.3 Å². The van der Waals surface area contributed by atoms with Crippen LogP contribution in [0, 0.1) is 0 Å². The van der Waals surface area contributed by atoms with E-state index in [2.05, 4.69) is 15.4 Å². The molecule has 0 fully saturated rings. The number of thiophene rings is 1. The number of carbonyl (C=O) groups is 2. The minimum atomic E-state index is -2.87. The molecule has 0 saturated carbocycles. The van der Waals surface area contributed by atoms with Crippen LogP contribution in [0.25, 0.3) is 43.7 Å². The Bertz CT molecular complexity index is 1910. The molecule has 5 heterocycles. The number of furan rings is 1. The molecule has 6 rings (SSSR count). The van der Waals surface area contributed by atoms with Crippen molar-refractivity contribution >= 4 is 50.0 Å². The molecular weight excluding hydrogens is 538 g/mol. The van der Waals surface area contributed by atoms with E-state index in [4.69, 9.17) is 15.1 Å². The van der Waals surface area contributed by atoms with E-state index in [-0.39, 0.29) is 37.7 Å². The maximum absolute atomic E-state index is 13.9. The Morgan fingerprint density at radius 1 is 1.15 bits per heavy atom. The van der Waals surface area contributed by atoms with Gasteiger partial charge in [-0.2, -0.15) is 5.10 Å². The first kappa shape index (κ1) is 25.3. The number of amides is 2. The summed E-state index contributed by atoms with van der Waals surface area (Å²) >= 11 is 0.822. The molecule has 200 valence electrons. The summed E-state index contributed by atoms with van der Waals surface area (Å²) in [6.45, 7) is 2.63. The van der Waals surface area contributed by atoms with Crippen molar-refractivity contribution in [1.82, 2.24) is 19.7 Å². The van der Waals surface area contributed by atoms with E-state index in [0.717, 1.165) is 16.9 Å². The molecule has 1 aromatic carbocycles. The number of benzene rings is 1. The smallest absolute Gasteiger partial charge is 0.280 e. The third-order valence-electron chi connectivity index (χ3n) is 6.37. The van der Waals surface area contributed by atoms with Gasteiger partial charge in [-0.15, -0.1) is 11.3 Å². The maximum atomic E-state index is 13.9. The molecule has 0 aliphatic rings. The minimum Gasteiger partial charge on any atom is -0.464 e. The summed E-state index contributed by atoms with van der Waals surface area (Å²) in [4.78, 5) is 35.2. The van der Waals surface area contributed by atoms with Crippen LogP contribution >= 0.6 is 11.3 Å². The molecule has 0 aliphatic carbocycles. The zero-order valence-corrected chi connectivity index (χ0v) is 21.7. The molecule has 0 saturated heterocycles. The number of nitrogens with zero attached hydrogens (tertiary/aromatic N) is 4. The first-order valence-electron chi connectivity index (χ1n) is 12.2. The summed E-state index contributed by atoms with van der Waals surface area (Å²) in [6, 6.07) is 13.2. The highest BCUT2D eigenvalue weighted by atomic mass is 32.1. The van der Waals surface area contributed by atoms with E-state index >= 15 is 0 Å². The Hall–Kier alpha value is -4.97. The van der Waals surface area contributed by atoms with E-state index in [1.165, 1.54) is 12.3 Å². The van der Waals surface area contributed by atoms with Crippen LogP contribution in [0.2, 0.25) is 0 Å². The highest BCUT2D eigenvalue weighted by Crippen LogP contribution is 2.43. The van der Waals surface area contributed by atoms with Crippen molar-refractivity contribution in [2.75, 3.05) is 5.32 Å². The van der Waals surface area contributed by atoms with Crippen molar-refractivity contribution in [2.45, 2.75) is 19.9 Å². The number of fused-ring (bicyclic) bond motifs is 2. The molecule has 0 bridgehead atoms. The summed E-state index contributed by atoms with van der Waals surface area (Å²) in [5.74, 6) is -1.12. The molecule has 0 spiro atoms. The molecule has 6 aromatic rings. The number of primary amides is 1. The van der Waals surface area contributed by atoms with Crippen LogP contribution in [0.4, 0.5) is 14.5 Å². The Morgan fingerprint density at radius 3 is 2.67 bits per heavy atom. The lowest BCUT2D eigenvalue weighted by atomic mass is 10.0. The zero-order chi connectivity index (χ0) is 28.0. The maximum Gasteiger partial charge on any atom is 0.280 e. The quantitative estimate of drug-likeness (QED) is 0.237. The highest BCUT2D eigenvalue weighted by molar-refractivity contribution is 7.21. The van der Waals surface area contributed by atoms with Crippen LogP contribution in [0.3, 0.4) is 0 Å². The van der Waals surface area contributed by atoms with Gasteiger partial charge in [0, 0.05) is 34.6 Å². The monoisotopic (exact) mass is 558 g/mol. The molecule has 2 amide bonds. The van der Waals surface area contributed by atoms with Gasteiger partial charge in [0.15, 0.2) is 0 Å². The zero-order valence-electron chi connectivity index (χ0n) is 20.9. The molecule has 40 heavy (non-hydrogen) atoms. The Kier molecular flexibility index (Phi) is 6.31. The number of rotatable bonds is 7. The summed E-state index contributed by atoms with van der Waals surface area (Å²) < 4.78 is 34.7. The topological polar surface area (TPSA) is 129 Å². The second-order valence-corrected chi connectivity index (χ2v) is 9.83. The standard InChI is InChI=1S/C28H20F2N6O3S/c1-2-36-13-14(12-32-36)19-10-16(15-6-3-4-7-18(15)33-19)27(38)35-23-22-17(21-8-5-9-39-21)11-20(25(29)30)34-28(22)40-24(23)26(31)37/h3-13,25H,2H2,1H3,(H2,31,37)(H,35,38). The number of carbonyl (C=O) groups excluding carboxylic acids is 2. The number of aryl methyl sites for hydroxylation is 1. The molecular formula is C28H20F2N6O3S. The number of aromatic nitrogens is 4. The van der Waals surface area contributed by atoms with Gasteiger partial charge < -0.3 is 15.5 Å². The van der Waals surface area contributed by atoms with Crippen LogP contribution in [0.15, 0.2) is 71.6 Å². The fraction of sp³-hybridized carbons (Fsp3) is 0.107. The molecule has 0 atom stereocenters. The van der Waals surface area contributed by atoms with Gasteiger partial charge in [0.2, 0.25) is 0 Å². The van der Waals surface area contributed by atoms with Gasteiger partial charge in [0.25, 0.3) is 18.2 Å². The summed E-state index contributed by atoms with van der Waals surface area (Å²) in [6.07, 6.45) is 2.03. The molecule has 12 heteroatoms. The van der Waals surface area contributed by atoms with Crippen LogP contribution in [0.5, 0.6) is 0 Å². The SMILES string of the molecule is CCn1cc(-c2cc(C(=O)Nc3c(C(N)=O)sc4nc(C(F)F)cc(-c5ccco5)c34)c3ccccc3n2)cn1. The largest absolute Gasteiger partial charge is 0.464 e. The predicted octanol–water partition coefficient (Wildman–Crippen LogP) is 6.28. The Balaban J connectivity index is 1.53. The third kappa shape index (κ3) is 4.37. The Labute approximate surface area is 229 Å². The van der Waals surface area contributed by atoms with Gasteiger partial charge in [-0.25, -0.2) is 18.7 Å². The van der Waals surface area contributed by atoms with Crippen LogP contribution in [-0.4, -0.2) is 31.6 Å². The average molecular weight is 559 g/mol. The number of halogens is 2. The number of alkyl halides is 2. The van der Waals surface area contributed by atoms with Crippen molar-refractivity contribution in [3.05, 3.63) is 83.3 Å². The predicted molar refractivity (Wildman–Crippen MR) is 147 cm³/mol. The van der Waals surface area contributed by atoms with E-state index < -0.39 is 23.9 Å². The lowest BCUT2D eigenvalue weighted by Gasteiger charge is -2.12. The lowest BCUT2D eigenvalue weighted by Crippen LogP contribution is -2.17. The van der Waals surface area contributed by atoms with Crippen LogP contribution in [-0.2, 0) is 6.54 Å². The van der Waals surface area contributed by atoms with Crippen molar-refractivity contribution in [2.24, 2.45) is 5.73 Å². The van der Waals surface area contributed by atoms with Gasteiger partial charge in [0.1, 0.15) is 21.2 Å². The molecule has 0 radical (unpaired) electrons. The molecule has 9 nitrogen and oxygen atoms in total. The van der Waals surface area contributed by atoms with E-state index in [0.29, 0.717) is 23.1 Å². The first-order chi connectivity index (χ1) is 19.3. The number of nitrogens with two attached hydrogens (primary N) is 1. The number of pyridine rings is 2. The van der Waals surface area contributed by atoms with Crippen molar-refractivity contribution in [1.29, 1.82) is 0 Å². The number of hydrogen-bond donors (Lipinski definition) is 2. The number of hydrogen-bond acceptors (Lipinski definition) is 7. The van der Waals surface area contributed by atoms with Gasteiger partial charge >= 0.3 is 0 Å². The van der Waals surface area contributed by atoms with Gasteiger partial charge in [-0.1, -0.05) is 18.2 Å². The molecule has 3 N–H and O–H groups in total. The molecule has 0 aliphatic heterocycles. The number of para-hydroxylation sites is 1. The number of nitrogens with one attached hydrogen (secondary N) is 1. The fourth-order valence-electron chi connectivity index (χ4n) is 4.51.